The molecular weight excluding hydrogens is 1660 g/mol. The summed E-state index contributed by atoms with van der Waals surface area (Å²) in [6.45, 7) is 4.71. The minimum Gasteiger partial charge on any atom is -0.309 e. The van der Waals surface area contributed by atoms with Crippen LogP contribution in [0.5, 0.6) is 0 Å². The van der Waals surface area contributed by atoms with Crippen LogP contribution in [0.3, 0.4) is 0 Å². The molecule has 7 aromatic heterocycles. The Morgan fingerprint density at radius 1 is 0.182 bits per heavy atom. The highest BCUT2D eigenvalue weighted by Crippen LogP contribution is 2.54. The van der Waals surface area contributed by atoms with E-state index in [1.165, 1.54) is 250 Å². The first-order valence-corrected chi connectivity index (χ1v) is 47.4. The molecule has 634 valence electrons. The number of benzene rings is 24. The Hall–Kier alpha value is -17.9. The summed E-state index contributed by atoms with van der Waals surface area (Å²) in [5, 5.41) is 39.3. The highest BCUT2D eigenvalue weighted by molar-refractivity contribution is 6.37. The van der Waals surface area contributed by atoms with Gasteiger partial charge in [-0.3, -0.25) is 15.0 Å². The average Bonchev–Trinajstić information content (AvgIpc) is 1.62. The van der Waals surface area contributed by atoms with Crippen LogP contribution in [0.25, 0.3) is 284 Å². The van der Waals surface area contributed by atoms with Crippen molar-refractivity contribution in [2.45, 2.75) is 19.3 Å². The van der Waals surface area contributed by atoms with Crippen LogP contribution in [0.4, 0.5) is 0 Å². The molecule has 0 N–H and O–H groups in total. The molecular formula is C130H79N7. The van der Waals surface area contributed by atoms with Crippen LogP contribution in [0, 0.1) is 0 Å². The summed E-state index contributed by atoms with van der Waals surface area (Å²) in [4.78, 5) is 15.1. The van der Waals surface area contributed by atoms with E-state index in [0.717, 1.165) is 44.5 Å². The minimum absolute atomic E-state index is 0.0710. The number of hydrogen-bond acceptors (Lipinski definition) is 3. The number of pyridine rings is 3. The van der Waals surface area contributed by atoms with E-state index in [2.05, 4.69) is 451 Å². The predicted octanol–water partition coefficient (Wildman–Crippen LogP) is 34.6. The zero-order chi connectivity index (χ0) is 89.7. The molecule has 0 saturated carbocycles. The molecule has 0 fully saturated rings. The number of nitrogens with zero attached hydrogens (tertiary/aromatic N) is 7. The molecule has 0 aliphatic heterocycles. The molecule has 0 unspecified atom stereocenters. The van der Waals surface area contributed by atoms with Crippen molar-refractivity contribution in [3.05, 3.63) is 454 Å². The summed E-state index contributed by atoms with van der Waals surface area (Å²) >= 11 is 0. The highest BCUT2D eigenvalue weighted by Gasteiger charge is 2.36. The molecule has 0 saturated heterocycles. The summed E-state index contributed by atoms with van der Waals surface area (Å²) < 4.78 is 9.67. The van der Waals surface area contributed by atoms with E-state index in [4.69, 9.17) is 15.0 Å². The van der Waals surface area contributed by atoms with E-state index in [1.54, 1.807) is 0 Å². The van der Waals surface area contributed by atoms with Crippen molar-refractivity contribution in [2.24, 2.45) is 0 Å². The van der Waals surface area contributed by atoms with Crippen LogP contribution in [-0.4, -0.2) is 33.2 Å². The van der Waals surface area contributed by atoms with Crippen molar-refractivity contribution < 1.29 is 0 Å². The molecule has 1 aliphatic carbocycles. The molecule has 31 aromatic rings. The van der Waals surface area contributed by atoms with Crippen molar-refractivity contribution in [1.82, 2.24) is 33.2 Å². The fourth-order valence-corrected chi connectivity index (χ4v) is 24.7. The lowest BCUT2D eigenvalue weighted by molar-refractivity contribution is 0.660. The van der Waals surface area contributed by atoms with Crippen LogP contribution >= 0.6 is 0 Å². The van der Waals surface area contributed by atoms with Crippen molar-refractivity contribution in [3.63, 3.8) is 0 Å². The van der Waals surface area contributed by atoms with Gasteiger partial charge in [-0.1, -0.05) is 329 Å². The van der Waals surface area contributed by atoms with Crippen molar-refractivity contribution >= 4 is 228 Å². The molecule has 0 bridgehead atoms. The molecule has 1 aliphatic rings. The average molecular weight is 1740 g/mol. The van der Waals surface area contributed by atoms with Crippen LogP contribution in [-0.2, 0) is 5.41 Å². The smallest absolute Gasteiger partial charge is 0.0969 e. The van der Waals surface area contributed by atoms with Gasteiger partial charge in [0.05, 0.1) is 66.4 Å². The van der Waals surface area contributed by atoms with Gasteiger partial charge in [-0.05, 0) is 283 Å². The Balaban J connectivity index is 0.0000000976. The lowest BCUT2D eigenvalue weighted by Gasteiger charge is -2.22. The monoisotopic (exact) mass is 1740 g/mol. The van der Waals surface area contributed by atoms with Gasteiger partial charge in [0.1, 0.15) is 0 Å². The lowest BCUT2D eigenvalue weighted by Crippen LogP contribution is -2.15. The zero-order valence-corrected chi connectivity index (χ0v) is 74.8. The van der Waals surface area contributed by atoms with Crippen molar-refractivity contribution in [3.8, 4) is 56.1 Å². The SMILES string of the molecule is CC1(C)c2ccccc2-c2ccc(-n3c4cccnc4c4c5ccc6ccc(-c7ccc8ccccc8c7)c7ccc(cc43)c5c67)cc21.c1cc2ccc3cc4c(c5ccc(c1)c2c35)c1ncccc1n4-c1ccc(-n2c3ccccc3c3ccccc32)cc1.c1ccc2c(-c3c4ccccc4c(-n4c5cccnc5c5c6ccc7cccc8ccc(cc54)c6c87)c4ccccc34)cccc2c1. The molecule has 0 spiro atoms. The van der Waals surface area contributed by atoms with Gasteiger partial charge in [0.25, 0.3) is 0 Å². The quantitative estimate of drug-likeness (QED) is 0.123. The third-order valence-electron chi connectivity index (χ3n) is 30.5. The van der Waals surface area contributed by atoms with Crippen LogP contribution in [0.1, 0.15) is 25.0 Å². The van der Waals surface area contributed by atoms with Gasteiger partial charge in [0.15, 0.2) is 0 Å². The standard InChI is InChI=1S/C46H30N2.C45H26N2.C39H23N3/c1-46(2)38-11-6-5-10-34(38)35-22-18-32(26-39(35)46)48-40-12-7-23-47-45(40)44-37-21-16-28-15-19-33(30-14-13-27-8-3-4-9-29(27)24-30)36-20-17-31(25-41(44)48)43(37)42(28)36;1-2-14-31-27(10-1)11-8-19-32(31)42-33-15-3-5-17-35(33)45(36-18-6-4-16-34(36)42)47-38-20-9-25-46-44(38)43-37-24-23-29-13-7-12-28-21-22-30(26-39(43)47)41(37)40(28)29;1-3-11-32-29(9-1)30-10-2-4-12-33(30)41(32)27-17-19-28(20-18-27)42-34-13-6-22-40-39(34)38-31-21-16-25-8-5-7-24-14-15-26(23-35(38)42)37(31)36(24)25/h3-26H,1-2H3;1-26H;1-23H. The molecule has 0 radical (unpaired) electrons. The van der Waals surface area contributed by atoms with E-state index in [-0.39, 0.29) is 5.41 Å². The van der Waals surface area contributed by atoms with Crippen molar-refractivity contribution in [1.29, 1.82) is 0 Å². The van der Waals surface area contributed by atoms with Gasteiger partial charge >= 0.3 is 0 Å². The Labute approximate surface area is 785 Å². The minimum atomic E-state index is -0.0710. The van der Waals surface area contributed by atoms with Crippen LogP contribution < -0.4 is 0 Å². The summed E-state index contributed by atoms with van der Waals surface area (Å²) in [5.41, 5.74) is 27.5. The van der Waals surface area contributed by atoms with E-state index < -0.39 is 0 Å². The normalized spacial score (nSPS) is 12.8. The maximum atomic E-state index is 5.08. The largest absolute Gasteiger partial charge is 0.309 e. The van der Waals surface area contributed by atoms with Gasteiger partial charge in [0.2, 0.25) is 0 Å². The Morgan fingerprint density at radius 2 is 0.540 bits per heavy atom. The fourth-order valence-electron chi connectivity index (χ4n) is 24.7. The number of rotatable bonds is 6. The van der Waals surface area contributed by atoms with E-state index in [0.29, 0.717) is 0 Å². The van der Waals surface area contributed by atoms with E-state index >= 15 is 0 Å². The lowest BCUT2D eigenvalue weighted by atomic mass is 9.82. The fraction of sp³-hybridized carbons (Fsp3) is 0.0231. The van der Waals surface area contributed by atoms with Gasteiger partial charge < -0.3 is 18.3 Å². The molecule has 0 atom stereocenters. The number of aromatic nitrogens is 7. The second-order valence-corrected chi connectivity index (χ2v) is 37.9. The Kier molecular flexibility index (Phi) is 15.8. The van der Waals surface area contributed by atoms with Gasteiger partial charge in [0, 0.05) is 78.8 Å². The number of fused-ring (bicyclic) bond motifs is 22. The second-order valence-electron chi connectivity index (χ2n) is 37.9. The zero-order valence-electron chi connectivity index (χ0n) is 74.8. The van der Waals surface area contributed by atoms with Crippen molar-refractivity contribution in [2.75, 3.05) is 0 Å². The van der Waals surface area contributed by atoms with E-state index in [9.17, 15) is 0 Å². The third kappa shape index (κ3) is 10.7. The first-order valence-electron chi connectivity index (χ1n) is 47.4. The second kappa shape index (κ2) is 28.6. The third-order valence-corrected chi connectivity index (χ3v) is 30.5. The first kappa shape index (κ1) is 75.7. The molecule has 7 heterocycles. The molecule has 32 rings (SSSR count). The maximum absolute atomic E-state index is 5.08. The molecule has 7 heteroatoms. The molecule has 0 amide bonds. The summed E-state index contributed by atoms with van der Waals surface area (Å²) in [7, 11) is 0. The number of hydrogen-bond donors (Lipinski definition) is 0. The molecule has 7 nitrogen and oxygen atoms in total. The summed E-state index contributed by atoms with van der Waals surface area (Å²) in [6, 6.07) is 156. The summed E-state index contributed by atoms with van der Waals surface area (Å²) in [6.07, 6.45) is 5.78. The number of para-hydroxylation sites is 2. The Morgan fingerprint density at radius 3 is 1.12 bits per heavy atom. The first-order chi connectivity index (χ1) is 67.8. The van der Waals surface area contributed by atoms with Crippen LogP contribution in [0.2, 0.25) is 0 Å². The predicted molar refractivity (Wildman–Crippen MR) is 580 cm³/mol. The summed E-state index contributed by atoms with van der Waals surface area (Å²) in [5.74, 6) is 0. The maximum Gasteiger partial charge on any atom is 0.0969 e. The topological polar surface area (TPSA) is 58.4 Å². The molecule has 24 aromatic carbocycles. The molecule has 137 heavy (non-hydrogen) atoms. The van der Waals surface area contributed by atoms with Gasteiger partial charge in [-0.25, -0.2) is 0 Å². The van der Waals surface area contributed by atoms with Gasteiger partial charge in [-0.2, -0.15) is 0 Å². The highest BCUT2D eigenvalue weighted by atomic mass is 15.0. The Bertz CT molecular complexity index is 10500. The van der Waals surface area contributed by atoms with Crippen LogP contribution in [0.15, 0.2) is 443 Å². The van der Waals surface area contributed by atoms with E-state index in [1.807, 2.05) is 24.7 Å². The van der Waals surface area contributed by atoms with Gasteiger partial charge in [-0.15, -0.1) is 0 Å².